The summed E-state index contributed by atoms with van der Waals surface area (Å²) in [5.41, 5.74) is 4.12. The number of aromatic nitrogens is 5. The minimum Gasteiger partial charge on any atom is -0.381 e. The van der Waals surface area contributed by atoms with E-state index in [0.717, 1.165) is 65.7 Å². The lowest BCUT2D eigenvalue weighted by atomic mass is 10.0. The topological polar surface area (TPSA) is 68.6 Å². The van der Waals surface area contributed by atoms with Gasteiger partial charge in [0.25, 0.3) is 0 Å². The van der Waals surface area contributed by atoms with Crippen LogP contribution in [0.1, 0.15) is 18.5 Å². The molecule has 1 aliphatic heterocycles. The third-order valence-electron chi connectivity index (χ3n) is 5.26. The summed E-state index contributed by atoms with van der Waals surface area (Å²) in [4.78, 5) is 17.2. The van der Waals surface area contributed by atoms with Gasteiger partial charge in [-0.3, -0.25) is 0 Å². The minimum atomic E-state index is 0.643. The van der Waals surface area contributed by atoms with Crippen LogP contribution in [0, 0.1) is 12.8 Å². The Bertz CT molecular complexity index is 1070. The maximum absolute atomic E-state index is 5.50. The van der Waals surface area contributed by atoms with Gasteiger partial charge in [-0.25, -0.2) is 15.0 Å². The average Bonchev–Trinajstić information content (AvgIpc) is 3.42. The van der Waals surface area contributed by atoms with Gasteiger partial charge in [0.1, 0.15) is 5.65 Å². The molecule has 0 aromatic carbocycles. The number of fused-ring (bicyclic) bond motifs is 1. The maximum atomic E-state index is 5.50. The predicted molar refractivity (Wildman–Crippen MR) is 107 cm³/mol. The fourth-order valence-corrected chi connectivity index (χ4v) is 4.54. The summed E-state index contributed by atoms with van der Waals surface area (Å²) in [5, 5.41) is 4.16. The van der Waals surface area contributed by atoms with Crippen molar-refractivity contribution in [3.8, 4) is 22.1 Å². The van der Waals surface area contributed by atoms with Gasteiger partial charge in [-0.05, 0) is 37.8 Å². The molecular formula is C20H21N5OS. The molecule has 0 atom stereocenters. The van der Waals surface area contributed by atoms with Crippen LogP contribution in [-0.4, -0.2) is 37.7 Å². The Balaban J connectivity index is 1.48. The number of aromatic amines is 1. The highest BCUT2D eigenvalue weighted by atomic mass is 32.1. The molecule has 1 aliphatic rings. The first-order valence-corrected chi connectivity index (χ1v) is 10.2. The molecule has 27 heavy (non-hydrogen) atoms. The Hall–Kier alpha value is -2.51. The van der Waals surface area contributed by atoms with E-state index in [0.29, 0.717) is 5.92 Å². The fourth-order valence-electron chi connectivity index (χ4n) is 3.72. The molecule has 7 heteroatoms. The highest BCUT2D eigenvalue weighted by Crippen LogP contribution is 2.33. The number of pyridine rings is 1. The number of nitrogens with one attached hydrogen (secondary N) is 1. The van der Waals surface area contributed by atoms with Gasteiger partial charge in [0, 0.05) is 60.4 Å². The van der Waals surface area contributed by atoms with Crippen LogP contribution in [0.15, 0.2) is 36.1 Å². The fraction of sp³-hybridized carbons (Fsp3) is 0.350. The molecule has 1 fully saturated rings. The van der Waals surface area contributed by atoms with Gasteiger partial charge in [0.2, 0.25) is 0 Å². The molecule has 5 rings (SSSR count). The van der Waals surface area contributed by atoms with Gasteiger partial charge in [0.05, 0.1) is 5.69 Å². The van der Waals surface area contributed by atoms with E-state index in [4.69, 9.17) is 9.72 Å². The molecule has 4 aromatic heterocycles. The quantitative estimate of drug-likeness (QED) is 0.574. The van der Waals surface area contributed by atoms with Gasteiger partial charge < -0.3 is 14.3 Å². The number of aryl methyl sites for hydroxylation is 1. The summed E-state index contributed by atoms with van der Waals surface area (Å²) >= 11 is 1.65. The van der Waals surface area contributed by atoms with E-state index in [1.807, 2.05) is 18.5 Å². The maximum Gasteiger partial charge on any atom is 0.169 e. The molecule has 1 saturated heterocycles. The van der Waals surface area contributed by atoms with E-state index < -0.39 is 0 Å². The zero-order valence-corrected chi connectivity index (χ0v) is 16.0. The summed E-state index contributed by atoms with van der Waals surface area (Å²) in [7, 11) is 0. The number of imidazole rings is 1. The number of hydrogen-bond donors (Lipinski definition) is 1. The highest BCUT2D eigenvalue weighted by molar-refractivity contribution is 7.13. The SMILES string of the molecule is Cc1cnc(-c2nc(-c3c[nH]c4ncccc34)cs2)n1CC1CCOCC1. The van der Waals surface area contributed by atoms with Crippen LogP contribution >= 0.6 is 11.3 Å². The molecule has 0 bridgehead atoms. The van der Waals surface area contributed by atoms with Crippen LogP contribution in [0.4, 0.5) is 0 Å². The lowest BCUT2D eigenvalue weighted by Crippen LogP contribution is -2.21. The summed E-state index contributed by atoms with van der Waals surface area (Å²) in [6.07, 6.45) is 7.96. The molecule has 0 saturated carbocycles. The highest BCUT2D eigenvalue weighted by Gasteiger charge is 2.20. The zero-order chi connectivity index (χ0) is 18.2. The number of H-pyrrole nitrogens is 1. The molecule has 0 radical (unpaired) electrons. The second kappa shape index (κ2) is 6.90. The van der Waals surface area contributed by atoms with E-state index in [9.17, 15) is 0 Å². The van der Waals surface area contributed by atoms with Gasteiger partial charge in [-0.15, -0.1) is 11.3 Å². The Kier molecular flexibility index (Phi) is 4.26. The molecule has 0 amide bonds. The van der Waals surface area contributed by atoms with Crippen molar-refractivity contribution in [3.05, 3.63) is 41.8 Å². The molecule has 138 valence electrons. The largest absolute Gasteiger partial charge is 0.381 e. The monoisotopic (exact) mass is 379 g/mol. The molecule has 5 heterocycles. The second-order valence-electron chi connectivity index (χ2n) is 7.03. The molecular weight excluding hydrogens is 358 g/mol. The Labute approximate surface area is 161 Å². The van der Waals surface area contributed by atoms with Crippen molar-refractivity contribution in [3.63, 3.8) is 0 Å². The standard InChI is InChI=1S/C20H21N5OS/c1-13-9-23-19(25(13)11-14-4-7-26-8-5-14)20-24-17(12-27-20)16-10-22-18-15(16)3-2-6-21-18/h2-3,6,9-10,12,14H,4-5,7-8,11H2,1H3,(H,21,22). The van der Waals surface area contributed by atoms with Crippen LogP contribution in [-0.2, 0) is 11.3 Å². The van der Waals surface area contributed by atoms with Gasteiger partial charge in [-0.1, -0.05) is 0 Å². The Morgan fingerprint density at radius 3 is 3.07 bits per heavy atom. The van der Waals surface area contributed by atoms with Crippen molar-refractivity contribution in [2.24, 2.45) is 5.92 Å². The summed E-state index contributed by atoms with van der Waals surface area (Å²) in [6.45, 7) is 4.83. The number of thiazole rings is 1. The Morgan fingerprint density at radius 2 is 2.19 bits per heavy atom. The van der Waals surface area contributed by atoms with Crippen molar-refractivity contribution in [1.82, 2.24) is 24.5 Å². The van der Waals surface area contributed by atoms with Crippen LogP contribution in [0.3, 0.4) is 0 Å². The van der Waals surface area contributed by atoms with E-state index >= 15 is 0 Å². The van der Waals surface area contributed by atoms with E-state index in [2.05, 4.69) is 37.9 Å². The summed E-state index contributed by atoms with van der Waals surface area (Å²) < 4.78 is 7.82. The van der Waals surface area contributed by atoms with Crippen LogP contribution in [0.2, 0.25) is 0 Å². The lowest BCUT2D eigenvalue weighted by Gasteiger charge is -2.23. The van der Waals surface area contributed by atoms with Crippen molar-refractivity contribution in [2.45, 2.75) is 26.3 Å². The van der Waals surface area contributed by atoms with Crippen LogP contribution in [0.5, 0.6) is 0 Å². The first-order valence-electron chi connectivity index (χ1n) is 9.28. The lowest BCUT2D eigenvalue weighted by molar-refractivity contribution is 0.0612. The first-order chi connectivity index (χ1) is 13.3. The third kappa shape index (κ3) is 3.07. The van der Waals surface area contributed by atoms with Gasteiger partial charge in [-0.2, -0.15) is 0 Å². The molecule has 0 spiro atoms. The number of nitrogens with zero attached hydrogens (tertiary/aromatic N) is 4. The summed E-state index contributed by atoms with van der Waals surface area (Å²) in [5.74, 6) is 1.61. The molecule has 4 aromatic rings. The summed E-state index contributed by atoms with van der Waals surface area (Å²) in [6, 6.07) is 4.03. The smallest absolute Gasteiger partial charge is 0.169 e. The number of hydrogen-bond acceptors (Lipinski definition) is 5. The second-order valence-corrected chi connectivity index (χ2v) is 7.89. The van der Waals surface area contributed by atoms with Gasteiger partial charge in [0.15, 0.2) is 10.8 Å². The van der Waals surface area contributed by atoms with E-state index in [1.54, 1.807) is 17.5 Å². The average molecular weight is 379 g/mol. The van der Waals surface area contributed by atoms with Crippen molar-refractivity contribution >= 4 is 22.4 Å². The molecule has 0 aliphatic carbocycles. The molecule has 1 N–H and O–H groups in total. The van der Waals surface area contributed by atoms with Gasteiger partial charge >= 0.3 is 0 Å². The van der Waals surface area contributed by atoms with E-state index in [-0.39, 0.29) is 0 Å². The molecule has 0 unspecified atom stereocenters. The zero-order valence-electron chi connectivity index (χ0n) is 15.2. The number of ether oxygens (including phenoxy) is 1. The number of rotatable bonds is 4. The normalized spacial score (nSPS) is 15.6. The Morgan fingerprint density at radius 1 is 1.30 bits per heavy atom. The predicted octanol–water partition coefficient (Wildman–Crippen LogP) is 4.28. The van der Waals surface area contributed by atoms with Crippen molar-refractivity contribution in [1.29, 1.82) is 0 Å². The van der Waals surface area contributed by atoms with Crippen LogP contribution in [0.25, 0.3) is 33.1 Å². The van der Waals surface area contributed by atoms with E-state index in [1.165, 1.54) is 5.69 Å². The third-order valence-corrected chi connectivity index (χ3v) is 6.10. The van der Waals surface area contributed by atoms with Crippen molar-refractivity contribution in [2.75, 3.05) is 13.2 Å². The van der Waals surface area contributed by atoms with Crippen LogP contribution < -0.4 is 0 Å². The minimum absolute atomic E-state index is 0.643. The molecule has 6 nitrogen and oxygen atoms in total. The first kappa shape index (κ1) is 16.6. The van der Waals surface area contributed by atoms with Crippen molar-refractivity contribution < 1.29 is 4.74 Å².